The fourth-order valence-electron chi connectivity index (χ4n) is 2.79. The van der Waals surface area contributed by atoms with E-state index in [4.69, 9.17) is 4.52 Å². The van der Waals surface area contributed by atoms with E-state index in [0.29, 0.717) is 11.4 Å². The number of aryl methyl sites for hydroxylation is 1. The monoisotopic (exact) mass is 548 g/mol. The first-order chi connectivity index (χ1) is 15.7. The van der Waals surface area contributed by atoms with Crippen molar-refractivity contribution in [1.82, 2.24) is 24.6 Å². The van der Waals surface area contributed by atoms with Crippen LogP contribution in [0.2, 0.25) is 0 Å². The van der Waals surface area contributed by atoms with Gasteiger partial charge in [-0.25, -0.2) is 8.42 Å². The molecule has 2 aromatic heterocycles. The average Bonchev–Trinajstić information content (AvgIpc) is 3.44. The molecule has 33 heavy (non-hydrogen) atoms. The Bertz CT molecular complexity index is 1420. The predicted molar refractivity (Wildman–Crippen MR) is 125 cm³/mol. The van der Waals surface area contributed by atoms with Gasteiger partial charge in [-0.15, -0.1) is 10.2 Å². The average molecular weight is 549 g/mol. The van der Waals surface area contributed by atoms with E-state index in [2.05, 4.69) is 41.6 Å². The lowest BCUT2D eigenvalue weighted by atomic mass is 10.1. The first kappa shape index (κ1) is 23.2. The number of nitrogens with zero attached hydrogens (tertiary/aromatic N) is 5. The van der Waals surface area contributed by atoms with Crippen LogP contribution in [0, 0.1) is 6.92 Å². The molecule has 1 N–H and O–H groups in total. The van der Waals surface area contributed by atoms with E-state index in [9.17, 15) is 13.2 Å². The number of anilines is 1. The van der Waals surface area contributed by atoms with Crippen molar-refractivity contribution in [3.05, 3.63) is 70.0 Å². The fourth-order valence-corrected chi connectivity index (χ4v) is 5.40. The Morgan fingerprint density at radius 2 is 1.97 bits per heavy atom. The molecule has 2 heterocycles. The second-order valence-electron chi connectivity index (χ2n) is 6.98. The van der Waals surface area contributed by atoms with Gasteiger partial charge in [0.15, 0.2) is 0 Å². The van der Waals surface area contributed by atoms with Crippen LogP contribution in [0.4, 0.5) is 5.13 Å². The van der Waals surface area contributed by atoms with Crippen LogP contribution >= 0.6 is 27.3 Å². The van der Waals surface area contributed by atoms with Crippen LogP contribution in [-0.2, 0) is 16.6 Å². The van der Waals surface area contributed by atoms with Crippen molar-refractivity contribution in [1.29, 1.82) is 0 Å². The summed E-state index contributed by atoms with van der Waals surface area (Å²) in [7, 11) is -2.63. The van der Waals surface area contributed by atoms with Gasteiger partial charge in [-0.05, 0) is 31.2 Å². The van der Waals surface area contributed by atoms with Gasteiger partial charge in [-0.3, -0.25) is 10.1 Å². The van der Waals surface area contributed by atoms with E-state index in [-0.39, 0.29) is 21.9 Å². The van der Waals surface area contributed by atoms with Crippen LogP contribution in [0.25, 0.3) is 11.4 Å². The van der Waals surface area contributed by atoms with E-state index in [0.717, 1.165) is 31.2 Å². The highest BCUT2D eigenvalue weighted by atomic mass is 79.9. The second-order valence-corrected chi connectivity index (χ2v) is 11.1. The minimum atomic E-state index is -3.99. The normalized spacial score (nSPS) is 11.6. The molecule has 0 bridgehead atoms. The van der Waals surface area contributed by atoms with Gasteiger partial charge in [0.2, 0.25) is 21.2 Å². The number of hydrogen-bond donors (Lipinski definition) is 1. The maximum Gasteiger partial charge on any atom is 0.272 e. The highest BCUT2D eigenvalue weighted by Crippen LogP contribution is 2.25. The molecular formula is C20H17BrN6O4S2. The SMILES string of the molecule is Cc1cccc(C(=O)Nc2nnc(S(=O)(=O)N(C)Cc3nc(-c4cccc(Br)c4)no3)s2)c1. The van der Waals surface area contributed by atoms with Crippen molar-refractivity contribution >= 4 is 48.3 Å². The number of hydrogen-bond acceptors (Lipinski definition) is 9. The van der Waals surface area contributed by atoms with Crippen LogP contribution in [-0.4, -0.2) is 46.0 Å². The number of sulfonamides is 1. The molecule has 0 aliphatic carbocycles. The third kappa shape index (κ3) is 5.33. The predicted octanol–water partition coefficient (Wildman–Crippen LogP) is 3.73. The van der Waals surface area contributed by atoms with E-state index in [1.165, 1.54) is 7.05 Å². The summed E-state index contributed by atoms with van der Waals surface area (Å²) in [5.74, 6) is 0.0563. The molecule has 0 aliphatic heterocycles. The van der Waals surface area contributed by atoms with Crippen molar-refractivity contribution in [2.75, 3.05) is 12.4 Å². The van der Waals surface area contributed by atoms with Gasteiger partial charge in [0, 0.05) is 22.6 Å². The summed E-state index contributed by atoms with van der Waals surface area (Å²) >= 11 is 4.13. The Morgan fingerprint density at radius 1 is 1.18 bits per heavy atom. The second kappa shape index (κ2) is 9.47. The third-order valence-corrected chi connectivity index (χ3v) is 7.93. The minimum absolute atomic E-state index is 0.0724. The molecule has 1 amide bonds. The summed E-state index contributed by atoms with van der Waals surface area (Å²) in [6, 6.07) is 14.3. The molecule has 0 saturated carbocycles. The van der Waals surface area contributed by atoms with Gasteiger partial charge in [-0.2, -0.15) is 9.29 Å². The van der Waals surface area contributed by atoms with Gasteiger partial charge in [0.05, 0.1) is 6.54 Å². The highest BCUT2D eigenvalue weighted by Gasteiger charge is 2.28. The van der Waals surface area contributed by atoms with Gasteiger partial charge >= 0.3 is 0 Å². The summed E-state index contributed by atoms with van der Waals surface area (Å²) < 4.78 is 32.6. The number of carbonyl (C=O) groups excluding carboxylic acids is 1. The summed E-state index contributed by atoms with van der Waals surface area (Å²) in [5, 5.41) is 14.1. The van der Waals surface area contributed by atoms with Gasteiger partial charge in [0.1, 0.15) is 0 Å². The van der Waals surface area contributed by atoms with Crippen molar-refractivity contribution < 1.29 is 17.7 Å². The van der Waals surface area contributed by atoms with Crippen LogP contribution < -0.4 is 5.32 Å². The van der Waals surface area contributed by atoms with Crippen LogP contribution in [0.3, 0.4) is 0 Å². The number of amides is 1. The Morgan fingerprint density at radius 3 is 2.73 bits per heavy atom. The smallest absolute Gasteiger partial charge is 0.272 e. The Balaban J connectivity index is 1.45. The molecule has 4 aromatic rings. The van der Waals surface area contributed by atoms with Gasteiger partial charge in [0.25, 0.3) is 15.9 Å². The lowest BCUT2D eigenvalue weighted by Crippen LogP contribution is -2.26. The maximum atomic E-state index is 12.9. The molecule has 0 fully saturated rings. The molecule has 2 aromatic carbocycles. The summed E-state index contributed by atoms with van der Waals surface area (Å²) in [6.07, 6.45) is 0. The van der Waals surface area contributed by atoms with Crippen molar-refractivity contribution in [2.24, 2.45) is 0 Å². The fraction of sp³-hybridized carbons (Fsp3) is 0.150. The van der Waals surface area contributed by atoms with E-state index >= 15 is 0 Å². The van der Waals surface area contributed by atoms with Crippen molar-refractivity contribution in [2.45, 2.75) is 17.8 Å². The molecule has 0 unspecified atom stereocenters. The molecule has 4 rings (SSSR count). The highest BCUT2D eigenvalue weighted by molar-refractivity contribution is 9.10. The topological polar surface area (TPSA) is 131 Å². The van der Waals surface area contributed by atoms with Crippen LogP contribution in [0.1, 0.15) is 21.8 Å². The summed E-state index contributed by atoms with van der Waals surface area (Å²) in [6.45, 7) is 1.71. The zero-order valence-electron chi connectivity index (χ0n) is 17.4. The molecular weight excluding hydrogens is 532 g/mol. The zero-order valence-corrected chi connectivity index (χ0v) is 20.6. The maximum absolute atomic E-state index is 12.9. The quantitative estimate of drug-likeness (QED) is 0.345. The Hall–Kier alpha value is -3.00. The van der Waals surface area contributed by atoms with E-state index in [1.807, 2.05) is 37.3 Å². The number of benzene rings is 2. The molecule has 0 atom stereocenters. The molecule has 0 saturated heterocycles. The van der Waals surface area contributed by atoms with Crippen molar-refractivity contribution in [3.8, 4) is 11.4 Å². The van der Waals surface area contributed by atoms with Gasteiger partial charge in [-0.1, -0.05) is 62.3 Å². The third-order valence-electron chi connectivity index (χ3n) is 4.45. The summed E-state index contributed by atoms with van der Waals surface area (Å²) in [4.78, 5) is 16.6. The first-order valence-electron chi connectivity index (χ1n) is 9.49. The standard InChI is InChI=1S/C20H17BrN6O4S2/c1-12-5-3-7-14(9-12)18(28)23-19-24-25-20(32-19)33(29,30)27(2)11-16-22-17(26-31-16)13-6-4-8-15(21)10-13/h3-10H,11H2,1-2H3,(H,23,24,28). The zero-order chi connectivity index (χ0) is 23.6. The number of rotatable bonds is 7. The van der Waals surface area contributed by atoms with Crippen LogP contribution in [0.15, 0.2) is 61.9 Å². The minimum Gasteiger partial charge on any atom is -0.338 e. The molecule has 170 valence electrons. The Kier molecular flexibility index (Phi) is 6.65. The molecule has 0 radical (unpaired) electrons. The number of halogens is 1. The van der Waals surface area contributed by atoms with Crippen LogP contribution in [0.5, 0.6) is 0 Å². The molecule has 13 heteroatoms. The number of carbonyl (C=O) groups is 1. The molecule has 10 nitrogen and oxygen atoms in total. The number of nitrogens with one attached hydrogen (secondary N) is 1. The largest absolute Gasteiger partial charge is 0.338 e. The molecule has 0 aliphatic rings. The Labute approximate surface area is 201 Å². The first-order valence-corrected chi connectivity index (χ1v) is 12.5. The van der Waals surface area contributed by atoms with Crippen molar-refractivity contribution in [3.63, 3.8) is 0 Å². The van der Waals surface area contributed by atoms with E-state index < -0.39 is 15.9 Å². The summed E-state index contributed by atoms with van der Waals surface area (Å²) in [5.41, 5.74) is 2.08. The number of aromatic nitrogens is 4. The van der Waals surface area contributed by atoms with E-state index in [1.54, 1.807) is 18.2 Å². The van der Waals surface area contributed by atoms with Gasteiger partial charge < -0.3 is 4.52 Å². The lowest BCUT2D eigenvalue weighted by Gasteiger charge is -2.11. The molecule has 0 spiro atoms. The lowest BCUT2D eigenvalue weighted by molar-refractivity contribution is 0.102.